The maximum atomic E-state index is 12.2. The van der Waals surface area contributed by atoms with E-state index in [1.807, 2.05) is 95.8 Å². The number of hydrogen-bond acceptors (Lipinski definition) is 4. The van der Waals surface area contributed by atoms with Crippen LogP contribution >= 0.6 is 0 Å². The molecule has 0 unspecified atom stereocenters. The van der Waals surface area contributed by atoms with Gasteiger partial charge in [-0.3, -0.25) is 4.79 Å². The predicted octanol–water partition coefficient (Wildman–Crippen LogP) is 4.31. The molecule has 0 saturated carbocycles. The van der Waals surface area contributed by atoms with Crippen LogP contribution in [0.1, 0.15) is 11.1 Å². The van der Waals surface area contributed by atoms with Gasteiger partial charge in [-0.1, -0.05) is 66.7 Å². The Morgan fingerprint density at radius 2 is 1.57 bits per heavy atom. The van der Waals surface area contributed by atoms with Gasteiger partial charge in [0, 0.05) is 22.9 Å². The summed E-state index contributed by atoms with van der Waals surface area (Å²) in [5.74, 6) is -0.253. The zero-order valence-electron chi connectivity index (χ0n) is 15.9. The van der Waals surface area contributed by atoms with Crippen LogP contribution in [0.25, 0.3) is 16.9 Å². The van der Waals surface area contributed by atoms with E-state index in [4.69, 9.17) is 5.10 Å². The molecular weight excluding hydrogens is 374 g/mol. The molecule has 0 bridgehead atoms. The van der Waals surface area contributed by atoms with Crippen molar-refractivity contribution >= 4 is 23.5 Å². The second kappa shape index (κ2) is 7.60. The highest BCUT2D eigenvalue weighted by atomic mass is 16.2. The first-order chi connectivity index (χ1) is 14.8. The molecule has 6 heteroatoms. The van der Waals surface area contributed by atoms with Crippen LogP contribution in [0.4, 0.5) is 5.69 Å². The highest BCUT2D eigenvalue weighted by Gasteiger charge is 2.25. The van der Waals surface area contributed by atoms with Gasteiger partial charge in [0.15, 0.2) is 5.71 Å². The van der Waals surface area contributed by atoms with Crippen molar-refractivity contribution in [3.63, 3.8) is 0 Å². The third-order valence-electron chi connectivity index (χ3n) is 4.81. The largest absolute Gasteiger partial charge is 0.320 e. The fourth-order valence-electron chi connectivity index (χ4n) is 3.37. The molecule has 0 saturated heterocycles. The van der Waals surface area contributed by atoms with Gasteiger partial charge in [-0.25, -0.2) is 4.68 Å². The summed E-state index contributed by atoms with van der Waals surface area (Å²) in [5.41, 5.74) is 5.33. The average molecular weight is 391 g/mol. The molecule has 6 nitrogen and oxygen atoms in total. The molecule has 1 amide bonds. The average Bonchev–Trinajstić information content (AvgIpc) is 3.36. The maximum absolute atomic E-state index is 12.2. The van der Waals surface area contributed by atoms with Gasteiger partial charge in [0.2, 0.25) is 0 Å². The smallest absolute Gasteiger partial charge is 0.276 e. The van der Waals surface area contributed by atoms with Crippen LogP contribution in [0.3, 0.4) is 0 Å². The van der Waals surface area contributed by atoms with E-state index in [1.165, 1.54) is 0 Å². The predicted molar refractivity (Wildman–Crippen MR) is 118 cm³/mol. The SMILES string of the molecule is O=C1Nc2ccccc2/C1=N/N=Cc1cn(-c2ccccc2)nc1-c1ccccc1. The molecule has 30 heavy (non-hydrogen) atoms. The minimum Gasteiger partial charge on any atom is -0.320 e. The van der Waals surface area contributed by atoms with E-state index < -0.39 is 0 Å². The van der Waals surface area contributed by atoms with Gasteiger partial charge in [0.1, 0.15) is 5.69 Å². The molecule has 2 heterocycles. The van der Waals surface area contributed by atoms with Crippen LogP contribution in [0.2, 0.25) is 0 Å². The van der Waals surface area contributed by atoms with Crippen LogP contribution in [-0.4, -0.2) is 27.6 Å². The fourth-order valence-corrected chi connectivity index (χ4v) is 3.37. The minimum absolute atomic E-state index is 0.253. The zero-order chi connectivity index (χ0) is 20.3. The molecule has 0 atom stereocenters. The van der Waals surface area contributed by atoms with Gasteiger partial charge < -0.3 is 5.32 Å². The molecule has 4 aromatic rings. The van der Waals surface area contributed by atoms with E-state index in [0.717, 1.165) is 33.8 Å². The van der Waals surface area contributed by atoms with Gasteiger partial charge in [-0.05, 0) is 18.2 Å². The quantitative estimate of drug-likeness (QED) is 0.416. The highest BCUT2D eigenvalue weighted by Crippen LogP contribution is 2.24. The number of rotatable bonds is 4. The highest BCUT2D eigenvalue weighted by molar-refractivity contribution is 6.53. The number of aromatic nitrogens is 2. The number of anilines is 1. The molecule has 1 aromatic heterocycles. The number of nitrogens with one attached hydrogen (secondary N) is 1. The number of fused-ring (bicyclic) bond motifs is 1. The summed E-state index contributed by atoms with van der Waals surface area (Å²) in [6, 6.07) is 27.2. The first kappa shape index (κ1) is 17.8. The molecule has 0 fully saturated rings. The van der Waals surface area contributed by atoms with Crippen LogP contribution in [0.15, 0.2) is 101 Å². The number of carbonyl (C=O) groups is 1. The Labute approximate surface area is 173 Å². The van der Waals surface area contributed by atoms with E-state index in [-0.39, 0.29) is 5.91 Å². The van der Waals surface area contributed by atoms with Crippen molar-refractivity contribution < 1.29 is 4.79 Å². The van der Waals surface area contributed by atoms with Gasteiger partial charge in [0.25, 0.3) is 5.91 Å². The Hall–Kier alpha value is -4.32. The first-order valence-electron chi connectivity index (χ1n) is 9.52. The summed E-state index contributed by atoms with van der Waals surface area (Å²) >= 11 is 0. The molecule has 1 aliphatic heterocycles. The van der Waals surface area contributed by atoms with Gasteiger partial charge >= 0.3 is 0 Å². The van der Waals surface area contributed by atoms with Crippen LogP contribution < -0.4 is 5.32 Å². The van der Waals surface area contributed by atoms with Gasteiger partial charge in [0.05, 0.1) is 17.6 Å². The Bertz CT molecular complexity index is 1270. The number of amides is 1. The first-order valence-corrected chi connectivity index (χ1v) is 9.52. The topological polar surface area (TPSA) is 71.6 Å². The fraction of sp³-hybridized carbons (Fsp3) is 0. The van der Waals surface area contributed by atoms with Crippen LogP contribution in [0.5, 0.6) is 0 Å². The summed E-state index contributed by atoms with van der Waals surface area (Å²) in [6.07, 6.45) is 3.54. The van der Waals surface area contributed by atoms with Crippen molar-refractivity contribution in [2.75, 3.05) is 5.32 Å². The maximum Gasteiger partial charge on any atom is 0.276 e. The molecule has 1 N–H and O–H groups in total. The molecule has 5 rings (SSSR count). The second-order valence-corrected chi connectivity index (χ2v) is 6.77. The lowest BCUT2D eigenvalue weighted by molar-refractivity contribution is -0.110. The number of hydrogen-bond donors (Lipinski definition) is 1. The van der Waals surface area contributed by atoms with Crippen LogP contribution in [-0.2, 0) is 4.79 Å². The molecule has 0 aliphatic carbocycles. The Morgan fingerprint density at radius 1 is 0.867 bits per heavy atom. The molecular formula is C24H17N5O. The van der Waals surface area contributed by atoms with Crippen molar-refractivity contribution in [2.24, 2.45) is 10.2 Å². The third kappa shape index (κ3) is 3.31. The van der Waals surface area contributed by atoms with E-state index in [1.54, 1.807) is 6.21 Å². The molecule has 1 aliphatic rings. The van der Waals surface area contributed by atoms with E-state index in [9.17, 15) is 4.79 Å². The molecule has 0 radical (unpaired) electrons. The van der Waals surface area contributed by atoms with E-state index in [2.05, 4.69) is 15.5 Å². The summed E-state index contributed by atoms with van der Waals surface area (Å²) in [6.45, 7) is 0. The summed E-state index contributed by atoms with van der Waals surface area (Å²) < 4.78 is 1.81. The lowest BCUT2D eigenvalue weighted by Crippen LogP contribution is -2.13. The second-order valence-electron chi connectivity index (χ2n) is 6.77. The summed E-state index contributed by atoms with van der Waals surface area (Å²) in [7, 11) is 0. The van der Waals surface area contributed by atoms with E-state index >= 15 is 0 Å². The minimum atomic E-state index is -0.253. The molecule has 144 valence electrons. The Morgan fingerprint density at radius 3 is 2.37 bits per heavy atom. The molecule has 3 aromatic carbocycles. The van der Waals surface area contributed by atoms with E-state index in [0.29, 0.717) is 5.71 Å². The summed E-state index contributed by atoms with van der Waals surface area (Å²) in [5, 5.41) is 16.0. The summed E-state index contributed by atoms with van der Waals surface area (Å²) in [4.78, 5) is 12.2. The van der Waals surface area contributed by atoms with Crippen molar-refractivity contribution in [2.45, 2.75) is 0 Å². The zero-order valence-corrected chi connectivity index (χ0v) is 15.9. The van der Waals surface area contributed by atoms with Crippen molar-refractivity contribution in [1.29, 1.82) is 0 Å². The lowest BCUT2D eigenvalue weighted by Gasteiger charge is -2.00. The van der Waals surface area contributed by atoms with Crippen LogP contribution in [0, 0.1) is 0 Å². The number of benzene rings is 3. The number of carbonyl (C=O) groups excluding carboxylic acids is 1. The van der Waals surface area contributed by atoms with Crippen molar-refractivity contribution in [3.05, 3.63) is 102 Å². The Kier molecular flexibility index (Phi) is 4.50. The van der Waals surface area contributed by atoms with Gasteiger partial charge in [-0.15, -0.1) is 5.10 Å². The molecule has 0 spiro atoms. The standard InChI is InChI=1S/C24H17N5O/c30-24-23(20-13-7-8-14-21(20)26-24)27-25-15-18-16-29(19-11-5-2-6-12-19)28-22(18)17-9-3-1-4-10-17/h1-16H,(H,26,27,30). The third-order valence-corrected chi connectivity index (χ3v) is 4.81. The Balaban J connectivity index is 1.54. The monoisotopic (exact) mass is 391 g/mol. The van der Waals surface area contributed by atoms with Crippen molar-refractivity contribution in [1.82, 2.24) is 9.78 Å². The lowest BCUT2D eigenvalue weighted by atomic mass is 10.1. The number of nitrogens with zero attached hydrogens (tertiary/aromatic N) is 4. The van der Waals surface area contributed by atoms with Crippen molar-refractivity contribution in [3.8, 4) is 16.9 Å². The number of para-hydroxylation sites is 2. The van der Waals surface area contributed by atoms with Gasteiger partial charge in [-0.2, -0.15) is 10.2 Å². The normalized spacial score (nSPS) is 14.3.